The van der Waals surface area contributed by atoms with E-state index in [0.717, 1.165) is 17.7 Å². The van der Waals surface area contributed by atoms with Crippen LogP contribution in [-0.2, 0) is 11.2 Å². The lowest BCUT2D eigenvalue weighted by molar-refractivity contribution is 0.0565. The zero-order chi connectivity index (χ0) is 19.1. The maximum atomic E-state index is 13.0. The van der Waals surface area contributed by atoms with Gasteiger partial charge in [0.1, 0.15) is 5.69 Å². The average molecular weight is 361 g/mol. The highest BCUT2D eigenvalue weighted by molar-refractivity contribution is 6.04. The van der Waals surface area contributed by atoms with E-state index >= 15 is 0 Å². The Morgan fingerprint density at radius 1 is 1.12 bits per heavy atom. The summed E-state index contributed by atoms with van der Waals surface area (Å²) in [7, 11) is 0. The molecule has 1 aliphatic heterocycles. The number of fused-ring (bicyclic) bond motifs is 1. The molecule has 26 heavy (non-hydrogen) atoms. The van der Waals surface area contributed by atoms with E-state index in [2.05, 4.69) is 18.8 Å². The van der Waals surface area contributed by atoms with Gasteiger partial charge in [0.15, 0.2) is 5.78 Å². The molecule has 1 saturated heterocycles. The van der Waals surface area contributed by atoms with Crippen molar-refractivity contribution in [1.82, 2.24) is 14.8 Å². The van der Waals surface area contributed by atoms with Crippen LogP contribution in [0.5, 0.6) is 0 Å². The summed E-state index contributed by atoms with van der Waals surface area (Å²) in [4.78, 5) is 43.8. The van der Waals surface area contributed by atoms with Gasteiger partial charge >= 0.3 is 6.09 Å². The van der Waals surface area contributed by atoms with Crippen molar-refractivity contribution in [3.05, 3.63) is 22.5 Å². The minimum atomic E-state index is -0.334. The van der Waals surface area contributed by atoms with Crippen LogP contribution in [0.25, 0.3) is 0 Å². The number of carbonyl (C=O) groups is 3. The van der Waals surface area contributed by atoms with E-state index in [1.807, 2.05) is 6.92 Å². The molecule has 2 heterocycles. The molecule has 142 valence electrons. The molecule has 1 fully saturated rings. The second kappa shape index (κ2) is 6.78. The van der Waals surface area contributed by atoms with E-state index < -0.39 is 0 Å². The van der Waals surface area contributed by atoms with Gasteiger partial charge in [0.25, 0.3) is 5.91 Å². The van der Waals surface area contributed by atoms with E-state index in [4.69, 9.17) is 4.74 Å². The molecule has 1 N–H and O–H groups in total. The van der Waals surface area contributed by atoms with Gasteiger partial charge in [-0.25, -0.2) is 4.79 Å². The highest BCUT2D eigenvalue weighted by Crippen LogP contribution is 2.36. The SMILES string of the molecule is CCOC(=O)N1CCN(C(=O)c2[nH]c3c(c2C)C(=O)CC(C)(C)C3)CC1. The first kappa shape index (κ1) is 18.5. The molecule has 1 aliphatic carbocycles. The fourth-order valence-corrected chi connectivity index (χ4v) is 3.91. The van der Waals surface area contributed by atoms with Crippen molar-refractivity contribution in [2.45, 2.75) is 40.5 Å². The molecular formula is C19H27N3O4. The summed E-state index contributed by atoms with van der Waals surface area (Å²) in [6, 6.07) is 0. The second-order valence-electron chi connectivity index (χ2n) is 7.90. The fourth-order valence-electron chi connectivity index (χ4n) is 3.91. The monoisotopic (exact) mass is 361 g/mol. The Morgan fingerprint density at radius 2 is 1.73 bits per heavy atom. The van der Waals surface area contributed by atoms with E-state index in [9.17, 15) is 14.4 Å². The summed E-state index contributed by atoms with van der Waals surface area (Å²) in [5, 5.41) is 0. The molecule has 0 bridgehead atoms. The van der Waals surface area contributed by atoms with Gasteiger partial charge in [-0.15, -0.1) is 0 Å². The zero-order valence-corrected chi connectivity index (χ0v) is 16.0. The van der Waals surface area contributed by atoms with Crippen molar-refractivity contribution in [2.24, 2.45) is 5.41 Å². The lowest BCUT2D eigenvalue weighted by atomic mass is 9.75. The number of hydrogen-bond acceptors (Lipinski definition) is 4. The molecule has 1 aromatic rings. The summed E-state index contributed by atoms with van der Waals surface area (Å²) < 4.78 is 5.01. The van der Waals surface area contributed by atoms with Crippen molar-refractivity contribution >= 4 is 17.8 Å². The maximum Gasteiger partial charge on any atom is 0.409 e. The van der Waals surface area contributed by atoms with Crippen LogP contribution in [0.1, 0.15) is 59.3 Å². The quantitative estimate of drug-likeness (QED) is 0.877. The number of H-pyrrole nitrogens is 1. The molecule has 7 nitrogen and oxygen atoms in total. The standard InChI is InChI=1S/C19H27N3O4/c1-5-26-18(25)22-8-6-21(7-9-22)17(24)16-12(2)15-13(20-16)10-19(3,4)11-14(15)23/h20H,5-11H2,1-4H3. The average Bonchev–Trinajstić information content (AvgIpc) is 2.90. The Labute approximate surface area is 153 Å². The number of ether oxygens (including phenoxy) is 1. The largest absolute Gasteiger partial charge is 0.450 e. The van der Waals surface area contributed by atoms with Gasteiger partial charge in [0.2, 0.25) is 0 Å². The van der Waals surface area contributed by atoms with Gasteiger partial charge in [-0.2, -0.15) is 0 Å². The Morgan fingerprint density at radius 3 is 2.35 bits per heavy atom. The van der Waals surface area contributed by atoms with E-state index in [-0.39, 0.29) is 23.2 Å². The summed E-state index contributed by atoms with van der Waals surface area (Å²) >= 11 is 0. The van der Waals surface area contributed by atoms with Crippen molar-refractivity contribution in [2.75, 3.05) is 32.8 Å². The predicted octanol–water partition coefficient (Wildman–Crippen LogP) is 2.39. The Balaban J connectivity index is 1.74. The number of Topliss-reactive ketones (excluding diaryl/α,β-unsaturated/α-hetero) is 1. The molecule has 3 rings (SSSR count). The molecule has 2 aliphatic rings. The number of amides is 2. The van der Waals surface area contributed by atoms with Gasteiger partial charge in [-0.3, -0.25) is 9.59 Å². The molecule has 2 amide bonds. The molecule has 0 spiro atoms. The Hall–Kier alpha value is -2.31. The van der Waals surface area contributed by atoms with Crippen molar-refractivity contribution in [1.29, 1.82) is 0 Å². The lowest BCUT2D eigenvalue weighted by Gasteiger charge is -2.34. The molecule has 0 atom stereocenters. The van der Waals surface area contributed by atoms with E-state index in [0.29, 0.717) is 50.5 Å². The third-order valence-corrected chi connectivity index (χ3v) is 5.21. The normalized spacial score (nSPS) is 19.3. The van der Waals surface area contributed by atoms with Crippen LogP contribution in [0.15, 0.2) is 0 Å². The van der Waals surface area contributed by atoms with Crippen LogP contribution < -0.4 is 0 Å². The summed E-state index contributed by atoms with van der Waals surface area (Å²) in [5.74, 6) is 0.00203. The first-order valence-corrected chi connectivity index (χ1v) is 9.19. The Kier molecular flexibility index (Phi) is 4.82. The molecular weight excluding hydrogens is 334 g/mol. The van der Waals surface area contributed by atoms with Crippen molar-refractivity contribution in [3.8, 4) is 0 Å². The van der Waals surface area contributed by atoms with Crippen LogP contribution in [-0.4, -0.2) is 65.4 Å². The van der Waals surface area contributed by atoms with Crippen molar-refractivity contribution < 1.29 is 19.1 Å². The van der Waals surface area contributed by atoms with Crippen LogP contribution in [0.3, 0.4) is 0 Å². The number of ketones is 1. The number of nitrogens with zero attached hydrogens (tertiary/aromatic N) is 2. The van der Waals surface area contributed by atoms with E-state index in [1.54, 1.807) is 16.7 Å². The molecule has 7 heteroatoms. The first-order chi connectivity index (χ1) is 12.2. The molecule has 1 aromatic heterocycles. The van der Waals surface area contributed by atoms with Crippen LogP contribution >= 0.6 is 0 Å². The predicted molar refractivity (Wildman–Crippen MR) is 96.5 cm³/mol. The molecule has 0 saturated carbocycles. The minimum absolute atomic E-state index is 0.0903. The fraction of sp³-hybridized carbons (Fsp3) is 0.632. The van der Waals surface area contributed by atoms with E-state index in [1.165, 1.54) is 0 Å². The Bertz CT molecular complexity index is 742. The highest BCUT2D eigenvalue weighted by atomic mass is 16.6. The van der Waals surface area contributed by atoms with Crippen LogP contribution in [0.2, 0.25) is 0 Å². The summed E-state index contributed by atoms with van der Waals surface area (Å²) in [6.45, 7) is 9.92. The molecule has 0 radical (unpaired) electrons. The number of aromatic nitrogens is 1. The molecule has 0 aromatic carbocycles. The van der Waals surface area contributed by atoms with Gasteiger partial charge in [-0.1, -0.05) is 13.8 Å². The second-order valence-corrected chi connectivity index (χ2v) is 7.90. The number of aromatic amines is 1. The molecule has 0 unspecified atom stereocenters. The summed E-state index contributed by atoms with van der Waals surface area (Å²) in [6.07, 6.45) is 0.933. The number of hydrogen-bond donors (Lipinski definition) is 1. The maximum absolute atomic E-state index is 13.0. The number of rotatable bonds is 2. The van der Waals surface area contributed by atoms with Crippen molar-refractivity contribution in [3.63, 3.8) is 0 Å². The van der Waals surface area contributed by atoms with Gasteiger partial charge in [-0.05, 0) is 31.2 Å². The van der Waals surface area contributed by atoms with Crippen LogP contribution in [0.4, 0.5) is 4.79 Å². The first-order valence-electron chi connectivity index (χ1n) is 9.19. The number of piperazine rings is 1. The number of carbonyl (C=O) groups excluding carboxylic acids is 3. The van der Waals surface area contributed by atoms with Gasteiger partial charge < -0.3 is 19.5 Å². The smallest absolute Gasteiger partial charge is 0.409 e. The topological polar surface area (TPSA) is 82.7 Å². The minimum Gasteiger partial charge on any atom is -0.450 e. The van der Waals surface area contributed by atoms with Crippen LogP contribution in [0, 0.1) is 12.3 Å². The lowest BCUT2D eigenvalue weighted by Crippen LogP contribution is -2.50. The number of nitrogens with one attached hydrogen (secondary N) is 1. The zero-order valence-electron chi connectivity index (χ0n) is 16.0. The van der Waals surface area contributed by atoms with Gasteiger partial charge in [0, 0.05) is 43.9 Å². The third-order valence-electron chi connectivity index (χ3n) is 5.21. The third kappa shape index (κ3) is 3.34. The summed E-state index contributed by atoms with van der Waals surface area (Å²) in [5.41, 5.74) is 2.73. The van der Waals surface area contributed by atoms with Gasteiger partial charge in [0.05, 0.1) is 6.61 Å². The highest BCUT2D eigenvalue weighted by Gasteiger charge is 2.36.